The number of carbonyl (C=O) groups excluding carboxylic acids is 1. The summed E-state index contributed by atoms with van der Waals surface area (Å²) in [7, 11) is -3.83. The maximum Gasteiger partial charge on any atom is 0.408 e. The van der Waals surface area contributed by atoms with Gasteiger partial charge in [-0.15, -0.1) is 0 Å². The molecule has 2 aromatic carbocycles. The molecule has 2 aromatic rings. The zero-order valence-corrected chi connectivity index (χ0v) is 18.5. The average molecular weight is 450 g/mol. The molecule has 0 radical (unpaired) electrons. The van der Waals surface area contributed by atoms with Gasteiger partial charge in [-0.1, -0.05) is 54.6 Å². The smallest absolute Gasteiger partial charge is 0.408 e. The molecular weight excluding hydrogens is 422 g/mol. The number of alkyl carbamates (subject to hydrolysis) is 1. The lowest BCUT2D eigenvalue weighted by molar-refractivity contribution is -0.139. The zero-order valence-electron chi connectivity index (χ0n) is 17.7. The Balaban J connectivity index is 2.03. The summed E-state index contributed by atoms with van der Waals surface area (Å²) in [4.78, 5) is 23.6. The van der Waals surface area contributed by atoms with Gasteiger partial charge in [0, 0.05) is 6.42 Å². The van der Waals surface area contributed by atoms with Gasteiger partial charge in [-0.05, 0) is 37.5 Å². The summed E-state index contributed by atoms with van der Waals surface area (Å²) in [5, 5.41) is 11.8. The highest BCUT2D eigenvalue weighted by molar-refractivity contribution is 7.87. The van der Waals surface area contributed by atoms with Crippen LogP contribution in [-0.2, 0) is 41.6 Å². The van der Waals surface area contributed by atoms with E-state index in [2.05, 4.69) is 5.32 Å². The third kappa shape index (κ3) is 6.53. The third-order valence-corrected chi connectivity index (χ3v) is 6.82. The van der Waals surface area contributed by atoms with Crippen LogP contribution in [0.2, 0.25) is 0 Å². The van der Waals surface area contributed by atoms with Crippen molar-refractivity contribution in [1.82, 2.24) is 5.32 Å². The summed E-state index contributed by atoms with van der Waals surface area (Å²) in [6, 6.07) is 14.3. The van der Waals surface area contributed by atoms with E-state index in [0.717, 1.165) is 5.56 Å². The van der Waals surface area contributed by atoms with Crippen molar-refractivity contribution in [2.45, 2.75) is 44.6 Å². The minimum atomic E-state index is -3.83. The summed E-state index contributed by atoms with van der Waals surface area (Å²) in [5.74, 6) is -1.21. The molecule has 0 saturated heterocycles. The second kappa shape index (κ2) is 10.4. The van der Waals surface area contributed by atoms with E-state index in [0.29, 0.717) is 11.1 Å². The van der Waals surface area contributed by atoms with Crippen LogP contribution in [0.25, 0.3) is 0 Å². The molecule has 0 unspecified atom stereocenters. The molecule has 0 fully saturated rings. The van der Waals surface area contributed by atoms with Crippen LogP contribution in [-0.4, -0.2) is 38.2 Å². The SMILES string of the molecule is CCOS(=O)(=O)C(C)(C)c1ccc(C[C@H](NC(=O)OCc2ccccc2)C(=O)O)cc1. The molecule has 0 aliphatic rings. The van der Waals surface area contributed by atoms with Gasteiger partial charge in [0.2, 0.25) is 0 Å². The number of carboxylic acid groups (broad SMARTS) is 1. The molecule has 0 saturated carbocycles. The number of carbonyl (C=O) groups is 2. The van der Waals surface area contributed by atoms with E-state index < -0.39 is 33.0 Å². The Hall–Kier alpha value is -2.91. The van der Waals surface area contributed by atoms with E-state index in [9.17, 15) is 23.1 Å². The monoisotopic (exact) mass is 449 g/mol. The van der Waals surface area contributed by atoms with E-state index in [-0.39, 0.29) is 19.6 Å². The van der Waals surface area contributed by atoms with Gasteiger partial charge in [-0.2, -0.15) is 8.42 Å². The molecule has 2 N–H and O–H groups in total. The highest BCUT2D eigenvalue weighted by atomic mass is 32.2. The number of hydrogen-bond acceptors (Lipinski definition) is 6. The third-order valence-electron chi connectivity index (χ3n) is 4.79. The molecule has 0 aliphatic heterocycles. The first kappa shape index (κ1) is 24.4. The van der Waals surface area contributed by atoms with Gasteiger partial charge in [-0.25, -0.2) is 9.59 Å². The predicted molar refractivity (Wildman–Crippen MR) is 115 cm³/mol. The fourth-order valence-electron chi connectivity index (χ4n) is 2.83. The molecule has 0 aromatic heterocycles. The van der Waals surface area contributed by atoms with Crippen molar-refractivity contribution in [2.75, 3.05) is 6.61 Å². The summed E-state index contributed by atoms with van der Waals surface area (Å²) in [5.41, 5.74) is 1.90. The lowest BCUT2D eigenvalue weighted by Crippen LogP contribution is -2.42. The fraction of sp³-hybridized carbons (Fsp3) is 0.364. The lowest BCUT2D eigenvalue weighted by Gasteiger charge is -2.24. The van der Waals surface area contributed by atoms with Crippen molar-refractivity contribution in [2.24, 2.45) is 0 Å². The Morgan fingerprint density at radius 3 is 2.19 bits per heavy atom. The molecule has 0 bridgehead atoms. The van der Waals surface area contributed by atoms with Gasteiger partial charge < -0.3 is 15.2 Å². The van der Waals surface area contributed by atoms with Crippen LogP contribution in [0.4, 0.5) is 4.79 Å². The minimum absolute atomic E-state index is 0.00862. The van der Waals surface area contributed by atoms with Crippen molar-refractivity contribution in [3.63, 3.8) is 0 Å². The predicted octanol–water partition coefficient (Wildman–Crippen LogP) is 3.21. The molecular formula is C22H27NO7S. The zero-order chi connectivity index (χ0) is 23.1. The Morgan fingerprint density at radius 1 is 1.03 bits per heavy atom. The molecule has 9 heteroatoms. The second-order valence-corrected chi connectivity index (χ2v) is 9.53. The van der Waals surface area contributed by atoms with E-state index in [1.165, 1.54) is 13.8 Å². The number of amides is 1. The molecule has 0 aliphatic carbocycles. The highest BCUT2D eigenvalue weighted by Crippen LogP contribution is 2.31. The molecule has 8 nitrogen and oxygen atoms in total. The topological polar surface area (TPSA) is 119 Å². The number of carboxylic acids is 1. The molecule has 1 amide bonds. The standard InChI is InChI=1S/C22H27NO7S/c1-4-30-31(27,28)22(2,3)18-12-10-16(11-13-18)14-19(20(24)25)23-21(26)29-15-17-8-6-5-7-9-17/h5-13,19H,4,14-15H2,1-3H3,(H,23,26)(H,24,25)/t19-/m0/s1. The first-order valence-electron chi connectivity index (χ1n) is 9.75. The van der Waals surface area contributed by atoms with Gasteiger partial charge in [0.05, 0.1) is 6.61 Å². The highest BCUT2D eigenvalue weighted by Gasteiger charge is 2.37. The van der Waals surface area contributed by atoms with Crippen molar-refractivity contribution < 1.29 is 32.0 Å². The summed E-state index contributed by atoms with van der Waals surface area (Å²) < 4.78 is 33.4. The van der Waals surface area contributed by atoms with Gasteiger partial charge in [0.15, 0.2) is 0 Å². The number of hydrogen-bond donors (Lipinski definition) is 2. The normalized spacial score (nSPS) is 12.7. The van der Waals surface area contributed by atoms with Crippen molar-refractivity contribution in [1.29, 1.82) is 0 Å². The fourth-order valence-corrected chi connectivity index (χ4v) is 3.86. The number of ether oxygens (including phenoxy) is 1. The van der Waals surface area contributed by atoms with Crippen molar-refractivity contribution >= 4 is 22.2 Å². The van der Waals surface area contributed by atoms with Crippen LogP contribution in [0.1, 0.15) is 37.5 Å². The van der Waals surface area contributed by atoms with Crippen LogP contribution in [0.5, 0.6) is 0 Å². The Kier molecular flexibility index (Phi) is 8.18. The van der Waals surface area contributed by atoms with Crippen LogP contribution in [0.3, 0.4) is 0 Å². The van der Waals surface area contributed by atoms with Crippen molar-refractivity contribution in [3.8, 4) is 0 Å². The average Bonchev–Trinajstić information content (AvgIpc) is 2.72. The number of aliphatic carboxylic acids is 1. The quantitative estimate of drug-likeness (QED) is 0.535. The molecule has 168 valence electrons. The number of rotatable bonds is 10. The molecule has 0 heterocycles. The minimum Gasteiger partial charge on any atom is -0.480 e. The second-order valence-electron chi connectivity index (χ2n) is 7.37. The molecule has 0 spiro atoms. The van der Waals surface area contributed by atoms with E-state index in [4.69, 9.17) is 8.92 Å². The maximum absolute atomic E-state index is 12.3. The van der Waals surface area contributed by atoms with E-state index in [1.54, 1.807) is 55.5 Å². The van der Waals surface area contributed by atoms with Crippen LogP contribution in [0.15, 0.2) is 54.6 Å². The molecule has 1 atom stereocenters. The largest absolute Gasteiger partial charge is 0.480 e. The van der Waals surface area contributed by atoms with Gasteiger partial charge in [0.1, 0.15) is 17.4 Å². The van der Waals surface area contributed by atoms with E-state index >= 15 is 0 Å². The van der Waals surface area contributed by atoms with Crippen LogP contribution >= 0.6 is 0 Å². The van der Waals surface area contributed by atoms with Crippen LogP contribution < -0.4 is 5.32 Å². The van der Waals surface area contributed by atoms with Gasteiger partial charge >= 0.3 is 12.1 Å². The Morgan fingerprint density at radius 2 is 1.65 bits per heavy atom. The first-order valence-corrected chi connectivity index (χ1v) is 11.2. The van der Waals surface area contributed by atoms with Gasteiger partial charge in [0.25, 0.3) is 10.1 Å². The lowest BCUT2D eigenvalue weighted by atomic mass is 9.98. The summed E-state index contributed by atoms with van der Waals surface area (Å²) >= 11 is 0. The summed E-state index contributed by atoms with van der Waals surface area (Å²) in [6.07, 6.45) is -0.828. The van der Waals surface area contributed by atoms with E-state index in [1.807, 2.05) is 6.07 Å². The van der Waals surface area contributed by atoms with Crippen LogP contribution in [0, 0.1) is 0 Å². The number of benzene rings is 2. The molecule has 2 rings (SSSR count). The summed E-state index contributed by atoms with van der Waals surface area (Å²) in [6.45, 7) is 4.74. The maximum atomic E-state index is 12.3. The molecule has 31 heavy (non-hydrogen) atoms. The van der Waals surface area contributed by atoms with Crippen molar-refractivity contribution in [3.05, 3.63) is 71.3 Å². The van der Waals surface area contributed by atoms with Gasteiger partial charge in [-0.3, -0.25) is 4.18 Å². The Labute approximate surface area is 182 Å². The number of nitrogens with one attached hydrogen (secondary N) is 1. The Bertz CT molecular complexity index is 986. The first-order chi connectivity index (χ1) is 14.6.